The Morgan fingerprint density at radius 1 is 1.29 bits per heavy atom. The number of imidazole rings is 1. The number of nitrogens with one attached hydrogen (secondary N) is 2. The van der Waals surface area contributed by atoms with Crippen LogP contribution in [0.15, 0.2) is 24.4 Å². The van der Waals surface area contributed by atoms with Crippen LogP contribution in [0.4, 0.5) is 0 Å². The molecule has 0 amide bonds. The van der Waals surface area contributed by atoms with Gasteiger partial charge in [-0.1, -0.05) is 0 Å². The Morgan fingerprint density at radius 2 is 2.14 bits per heavy atom. The van der Waals surface area contributed by atoms with Gasteiger partial charge in [-0.05, 0) is 18.2 Å². The first-order chi connectivity index (χ1) is 10.4. The molecular formula is C15H19N3O3. The van der Waals surface area contributed by atoms with Crippen LogP contribution in [0.2, 0.25) is 0 Å². The van der Waals surface area contributed by atoms with Gasteiger partial charge in [0.2, 0.25) is 0 Å². The maximum Gasteiger partial charge on any atom is 0.162 e. The molecule has 0 saturated heterocycles. The molecule has 21 heavy (non-hydrogen) atoms. The second kappa shape index (κ2) is 6.60. The average Bonchev–Trinajstić information content (AvgIpc) is 3.00. The summed E-state index contributed by atoms with van der Waals surface area (Å²) in [7, 11) is 1.69. The van der Waals surface area contributed by atoms with E-state index >= 15 is 0 Å². The standard InChI is InChI=1S/C15H19N3O3/c1-19-5-4-16-10-15-17-9-12(18-15)11-2-3-13-14(8-11)21-7-6-20-13/h2-3,8-9,16H,4-7,10H2,1H3,(H,17,18). The molecule has 2 aromatic rings. The van der Waals surface area contributed by atoms with E-state index in [2.05, 4.69) is 15.3 Å². The molecule has 0 bridgehead atoms. The van der Waals surface area contributed by atoms with E-state index in [0.29, 0.717) is 26.4 Å². The minimum Gasteiger partial charge on any atom is -0.486 e. The van der Waals surface area contributed by atoms with Crippen LogP contribution in [0.25, 0.3) is 11.3 Å². The lowest BCUT2D eigenvalue weighted by Gasteiger charge is -2.18. The molecule has 0 aliphatic carbocycles. The SMILES string of the molecule is COCCNCc1ncc(-c2ccc3c(c2)OCCO3)[nH]1. The van der Waals surface area contributed by atoms with Crippen molar-refractivity contribution in [2.75, 3.05) is 33.5 Å². The smallest absolute Gasteiger partial charge is 0.162 e. The van der Waals surface area contributed by atoms with Crippen LogP contribution in [0.5, 0.6) is 11.5 Å². The minimum absolute atomic E-state index is 0.591. The first-order valence-corrected chi connectivity index (χ1v) is 7.00. The van der Waals surface area contributed by atoms with Crippen LogP contribution < -0.4 is 14.8 Å². The van der Waals surface area contributed by atoms with E-state index < -0.39 is 0 Å². The number of benzene rings is 1. The molecule has 1 aliphatic heterocycles. The summed E-state index contributed by atoms with van der Waals surface area (Å²) in [5.74, 6) is 2.48. The first kappa shape index (κ1) is 13.9. The minimum atomic E-state index is 0.591. The Hall–Kier alpha value is -2.05. The number of rotatable bonds is 6. The number of methoxy groups -OCH3 is 1. The summed E-state index contributed by atoms with van der Waals surface area (Å²) in [6, 6.07) is 5.91. The zero-order chi connectivity index (χ0) is 14.5. The predicted octanol–water partition coefficient (Wildman–Crippen LogP) is 1.58. The molecule has 2 N–H and O–H groups in total. The number of nitrogens with zero attached hydrogens (tertiary/aromatic N) is 1. The molecule has 0 unspecified atom stereocenters. The van der Waals surface area contributed by atoms with E-state index in [0.717, 1.165) is 35.1 Å². The van der Waals surface area contributed by atoms with E-state index in [4.69, 9.17) is 14.2 Å². The third kappa shape index (κ3) is 3.34. The number of hydrogen-bond donors (Lipinski definition) is 2. The lowest BCUT2D eigenvalue weighted by molar-refractivity contribution is 0.171. The number of ether oxygens (including phenoxy) is 3. The van der Waals surface area contributed by atoms with Crippen molar-refractivity contribution in [2.45, 2.75) is 6.54 Å². The molecule has 2 heterocycles. The largest absolute Gasteiger partial charge is 0.486 e. The molecule has 0 fully saturated rings. The van der Waals surface area contributed by atoms with E-state index in [1.807, 2.05) is 24.4 Å². The van der Waals surface area contributed by atoms with Gasteiger partial charge in [0.05, 0.1) is 25.0 Å². The molecule has 1 aliphatic rings. The highest BCUT2D eigenvalue weighted by Gasteiger charge is 2.13. The summed E-state index contributed by atoms with van der Waals surface area (Å²) in [4.78, 5) is 7.67. The van der Waals surface area contributed by atoms with Gasteiger partial charge in [0.25, 0.3) is 0 Å². The Balaban J connectivity index is 1.68. The highest BCUT2D eigenvalue weighted by atomic mass is 16.6. The van der Waals surface area contributed by atoms with E-state index in [-0.39, 0.29) is 0 Å². The molecule has 0 spiro atoms. The van der Waals surface area contributed by atoms with Crippen molar-refractivity contribution >= 4 is 0 Å². The van der Waals surface area contributed by atoms with Crippen LogP contribution in [0, 0.1) is 0 Å². The Kier molecular flexibility index (Phi) is 4.37. The van der Waals surface area contributed by atoms with Crippen LogP contribution in [-0.4, -0.2) is 43.4 Å². The van der Waals surface area contributed by atoms with E-state index in [1.54, 1.807) is 7.11 Å². The van der Waals surface area contributed by atoms with Crippen molar-refractivity contribution in [1.29, 1.82) is 0 Å². The molecule has 6 heteroatoms. The lowest BCUT2D eigenvalue weighted by atomic mass is 10.1. The maximum absolute atomic E-state index is 5.60. The van der Waals surface area contributed by atoms with E-state index in [9.17, 15) is 0 Å². The molecule has 3 rings (SSSR count). The lowest BCUT2D eigenvalue weighted by Crippen LogP contribution is -2.19. The second-order valence-corrected chi connectivity index (χ2v) is 4.77. The molecule has 1 aromatic carbocycles. The summed E-state index contributed by atoms with van der Waals surface area (Å²) in [5.41, 5.74) is 2.01. The maximum atomic E-state index is 5.60. The molecule has 112 valence electrons. The van der Waals surface area contributed by atoms with Gasteiger partial charge in [-0.2, -0.15) is 0 Å². The Morgan fingerprint density at radius 3 is 3.00 bits per heavy atom. The van der Waals surface area contributed by atoms with Gasteiger partial charge < -0.3 is 24.5 Å². The van der Waals surface area contributed by atoms with Crippen molar-refractivity contribution in [3.05, 3.63) is 30.2 Å². The second-order valence-electron chi connectivity index (χ2n) is 4.77. The van der Waals surface area contributed by atoms with Gasteiger partial charge in [0.1, 0.15) is 19.0 Å². The summed E-state index contributed by atoms with van der Waals surface area (Å²) >= 11 is 0. The molecule has 6 nitrogen and oxygen atoms in total. The quantitative estimate of drug-likeness (QED) is 0.790. The zero-order valence-corrected chi connectivity index (χ0v) is 12.0. The van der Waals surface area contributed by atoms with Crippen LogP contribution in [-0.2, 0) is 11.3 Å². The molecule has 1 aromatic heterocycles. The van der Waals surface area contributed by atoms with E-state index in [1.165, 1.54) is 0 Å². The number of aromatic amines is 1. The Bertz CT molecular complexity index is 598. The highest BCUT2D eigenvalue weighted by molar-refractivity contribution is 5.63. The van der Waals surface area contributed by atoms with Gasteiger partial charge in [0, 0.05) is 19.2 Å². The molecule has 0 radical (unpaired) electrons. The fourth-order valence-corrected chi connectivity index (χ4v) is 2.19. The zero-order valence-electron chi connectivity index (χ0n) is 12.0. The van der Waals surface area contributed by atoms with Crippen molar-refractivity contribution in [2.24, 2.45) is 0 Å². The Labute approximate surface area is 123 Å². The summed E-state index contributed by atoms with van der Waals surface area (Å²) in [6.07, 6.45) is 1.83. The highest BCUT2D eigenvalue weighted by Crippen LogP contribution is 2.33. The van der Waals surface area contributed by atoms with Crippen molar-refractivity contribution < 1.29 is 14.2 Å². The van der Waals surface area contributed by atoms with Gasteiger partial charge in [-0.3, -0.25) is 0 Å². The fourth-order valence-electron chi connectivity index (χ4n) is 2.19. The number of hydrogen-bond acceptors (Lipinski definition) is 5. The first-order valence-electron chi connectivity index (χ1n) is 7.00. The number of aromatic nitrogens is 2. The fraction of sp³-hybridized carbons (Fsp3) is 0.400. The van der Waals surface area contributed by atoms with Crippen molar-refractivity contribution in [1.82, 2.24) is 15.3 Å². The normalized spacial score (nSPS) is 13.4. The number of H-pyrrole nitrogens is 1. The van der Waals surface area contributed by atoms with Crippen LogP contribution in [0.1, 0.15) is 5.82 Å². The third-order valence-electron chi connectivity index (χ3n) is 3.26. The molecule has 0 saturated carbocycles. The molecular weight excluding hydrogens is 270 g/mol. The topological polar surface area (TPSA) is 68.4 Å². The summed E-state index contributed by atoms with van der Waals surface area (Å²) in [5, 5.41) is 3.25. The predicted molar refractivity (Wildman–Crippen MR) is 78.6 cm³/mol. The van der Waals surface area contributed by atoms with Gasteiger partial charge in [-0.15, -0.1) is 0 Å². The summed E-state index contributed by atoms with van der Waals surface area (Å²) < 4.78 is 16.1. The third-order valence-corrected chi connectivity index (χ3v) is 3.26. The van der Waals surface area contributed by atoms with Gasteiger partial charge in [0.15, 0.2) is 11.5 Å². The number of fused-ring (bicyclic) bond motifs is 1. The van der Waals surface area contributed by atoms with Gasteiger partial charge >= 0.3 is 0 Å². The molecule has 0 atom stereocenters. The van der Waals surface area contributed by atoms with Crippen molar-refractivity contribution in [3.8, 4) is 22.8 Å². The van der Waals surface area contributed by atoms with Crippen LogP contribution in [0.3, 0.4) is 0 Å². The van der Waals surface area contributed by atoms with Crippen molar-refractivity contribution in [3.63, 3.8) is 0 Å². The monoisotopic (exact) mass is 289 g/mol. The average molecular weight is 289 g/mol. The van der Waals surface area contributed by atoms with Crippen LogP contribution >= 0.6 is 0 Å². The summed E-state index contributed by atoms with van der Waals surface area (Å²) in [6.45, 7) is 3.38. The van der Waals surface area contributed by atoms with Gasteiger partial charge in [-0.25, -0.2) is 4.98 Å².